The normalized spacial score (nSPS) is 17.1. The molecule has 0 radical (unpaired) electrons. The Kier molecular flexibility index (Phi) is 3.27. The lowest BCUT2D eigenvalue weighted by Crippen LogP contribution is -2.45. The van der Waals surface area contributed by atoms with Crippen LogP contribution in [-0.4, -0.2) is 16.6 Å². The third kappa shape index (κ3) is 4.34. The third-order valence-electron chi connectivity index (χ3n) is 1.88. The molecule has 0 rings (SSSR count). The Bertz CT molecular complexity index is 168. The van der Waals surface area contributed by atoms with Crippen molar-refractivity contribution in [1.29, 1.82) is 0 Å². The van der Waals surface area contributed by atoms with Crippen molar-refractivity contribution in [3.8, 4) is 0 Å². The predicted octanol–water partition coefficient (Wildman–Crippen LogP) is 1.61. The molecule has 72 valence electrons. The number of hydrogen-bond donors (Lipinski definition) is 2. The van der Waals surface area contributed by atoms with Crippen molar-refractivity contribution < 1.29 is 9.90 Å². The zero-order valence-corrected chi connectivity index (χ0v) is 8.35. The fraction of sp³-hybridized carbons (Fsp3) is 0.889. The minimum atomic E-state index is -1.08. The van der Waals surface area contributed by atoms with E-state index >= 15 is 0 Å². The first-order chi connectivity index (χ1) is 5.15. The predicted molar refractivity (Wildman–Crippen MR) is 48.9 cm³/mol. The summed E-state index contributed by atoms with van der Waals surface area (Å²) in [5, 5.41) is 8.71. The summed E-state index contributed by atoms with van der Waals surface area (Å²) >= 11 is 0. The van der Waals surface area contributed by atoms with Crippen molar-refractivity contribution in [1.82, 2.24) is 0 Å². The van der Waals surface area contributed by atoms with Gasteiger partial charge in [-0.05, 0) is 25.2 Å². The van der Waals surface area contributed by atoms with Crippen molar-refractivity contribution in [3.05, 3.63) is 0 Å². The van der Waals surface area contributed by atoms with Crippen molar-refractivity contribution >= 4 is 5.97 Å². The van der Waals surface area contributed by atoms with E-state index in [0.29, 0.717) is 6.42 Å². The highest BCUT2D eigenvalue weighted by Gasteiger charge is 2.29. The van der Waals surface area contributed by atoms with E-state index in [-0.39, 0.29) is 5.41 Å². The number of nitrogens with two attached hydrogens (primary N) is 1. The lowest BCUT2D eigenvalue weighted by atomic mass is 9.84. The van der Waals surface area contributed by atoms with Crippen molar-refractivity contribution in [2.75, 3.05) is 0 Å². The summed E-state index contributed by atoms with van der Waals surface area (Å²) in [4.78, 5) is 10.6. The molecule has 0 aromatic rings. The molecule has 0 aliphatic rings. The van der Waals surface area contributed by atoms with Crippen LogP contribution in [0.2, 0.25) is 0 Å². The zero-order valence-electron chi connectivity index (χ0n) is 8.35. The van der Waals surface area contributed by atoms with Crippen LogP contribution in [0.4, 0.5) is 0 Å². The van der Waals surface area contributed by atoms with Gasteiger partial charge < -0.3 is 10.8 Å². The number of carbonyl (C=O) groups is 1. The van der Waals surface area contributed by atoms with Gasteiger partial charge in [0.2, 0.25) is 0 Å². The highest BCUT2D eigenvalue weighted by atomic mass is 16.4. The maximum Gasteiger partial charge on any atom is 0.323 e. The molecule has 1 atom stereocenters. The highest BCUT2D eigenvalue weighted by molar-refractivity contribution is 5.77. The van der Waals surface area contributed by atoms with Crippen LogP contribution in [-0.2, 0) is 4.79 Å². The second-order valence-corrected chi connectivity index (χ2v) is 4.78. The molecule has 0 fully saturated rings. The topological polar surface area (TPSA) is 63.3 Å². The summed E-state index contributed by atoms with van der Waals surface area (Å²) in [6.07, 6.45) is 1.35. The summed E-state index contributed by atoms with van der Waals surface area (Å²) in [5.41, 5.74) is 4.64. The molecule has 1 unspecified atom stereocenters. The van der Waals surface area contributed by atoms with E-state index in [0.717, 1.165) is 6.42 Å². The van der Waals surface area contributed by atoms with Gasteiger partial charge in [0, 0.05) is 0 Å². The Balaban J connectivity index is 4.01. The first kappa shape index (κ1) is 11.4. The van der Waals surface area contributed by atoms with Crippen LogP contribution < -0.4 is 5.73 Å². The van der Waals surface area contributed by atoms with Gasteiger partial charge in [-0.1, -0.05) is 20.8 Å². The molecule has 3 heteroatoms. The van der Waals surface area contributed by atoms with E-state index in [1.807, 2.05) is 0 Å². The molecule has 0 saturated carbocycles. The fourth-order valence-electron chi connectivity index (χ4n) is 0.742. The maximum absolute atomic E-state index is 10.6. The van der Waals surface area contributed by atoms with Gasteiger partial charge in [-0.15, -0.1) is 0 Å². The van der Waals surface area contributed by atoms with Gasteiger partial charge in [0.05, 0.1) is 0 Å². The molecule has 0 aliphatic carbocycles. The van der Waals surface area contributed by atoms with Gasteiger partial charge in [0.25, 0.3) is 0 Å². The van der Waals surface area contributed by atoms with Crippen LogP contribution >= 0.6 is 0 Å². The van der Waals surface area contributed by atoms with E-state index in [1.165, 1.54) is 0 Å². The molecule has 0 aromatic carbocycles. The Hall–Kier alpha value is -0.570. The number of carboxylic acids is 1. The fourth-order valence-corrected chi connectivity index (χ4v) is 0.742. The Labute approximate surface area is 74.0 Å². The average molecular weight is 173 g/mol. The number of carboxylic acid groups (broad SMARTS) is 1. The molecular formula is C9H19NO2. The Morgan fingerprint density at radius 2 is 1.67 bits per heavy atom. The second kappa shape index (κ2) is 3.44. The van der Waals surface area contributed by atoms with Gasteiger partial charge in [-0.25, -0.2) is 0 Å². The van der Waals surface area contributed by atoms with Gasteiger partial charge in [-0.3, -0.25) is 4.79 Å². The Morgan fingerprint density at radius 1 is 1.25 bits per heavy atom. The largest absolute Gasteiger partial charge is 0.480 e. The summed E-state index contributed by atoms with van der Waals surface area (Å²) in [5.74, 6) is -0.924. The molecule has 0 aromatic heterocycles. The maximum atomic E-state index is 10.6. The molecule has 3 nitrogen and oxygen atoms in total. The van der Waals surface area contributed by atoms with Crippen LogP contribution in [0.25, 0.3) is 0 Å². The van der Waals surface area contributed by atoms with Gasteiger partial charge in [0.15, 0.2) is 0 Å². The lowest BCUT2D eigenvalue weighted by molar-refractivity contribution is -0.143. The van der Waals surface area contributed by atoms with Crippen molar-refractivity contribution in [2.24, 2.45) is 11.1 Å². The molecule has 12 heavy (non-hydrogen) atoms. The molecule has 0 amide bonds. The lowest BCUT2D eigenvalue weighted by Gasteiger charge is -2.24. The quantitative estimate of drug-likeness (QED) is 0.681. The molecule has 3 N–H and O–H groups in total. The summed E-state index contributed by atoms with van der Waals surface area (Å²) in [6.45, 7) is 7.78. The van der Waals surface area contributed by atoms with Crippen LogP contribution in [0.15, 0.2) is 0 Å². The average Bonchev–Trinajstić information content (AvgIpc) is 1.82. The van der Waals surface area contributed by atoms with Crippen molar-refractivity contribution in [3.63, 3.8) is 0 Å². The smallest absolute Gasteiger partial charge is 0.323 e. The minimum absolute atomic E-state index is 0.149. The van der Waals surface area contributed by atoms with E-state index in [4.69, 9.17) is 10.8 Å². The van der Waals surface area contributed by atoms with Gasteiger partial charge >= 0.3 is 5.97 Å². The van der Waals surface area contributed by atoms with Crippen LogP contribution in [0.5, 0.6) is 0 Å². The van der Waals surface area contributed by atoms with E-state index in [1.54, 1.807) is 6.92 Å². The molecular weight excluding hydrogens is 154 g/mol. The standard InChI is InChI=1S/C9H19NO2/c1-8(2,3)5-6-9(4,10)7(11)12/h5-6,10H2,1-4H3,(H,11,12). The number of hydrogen-bond acceptors (Lipinski definition) is 2. The van der Waals surface area contributed by atoms with Crippen LogP contribution in [0.1, 0.15) is 40.5 Å². The van der Waals surface area contributed by atoms with Crippen molar-refractivity contribution in [2.45, 2.75) is 46.1 Å². The molecule has 0 saturated heterocycles. The third-order valence-corrected chi connectivity index (χ3v) is 1.88. The summed E-state index contributed by atoms with van der Waals surface area (Å²) in [7, 11) is 0. The zero-order chi connectivity index (χ0) is 9.99. The van der Waals surface area contributed by atoms with E-state index in [9.17, 15) is 4.79 Å². The number of rotatable bonds is 3. The van der Waals surface area contributed by atoms with E-state index in [2.05, 4.69) is 20.8 Å². The number of aliphatic carboxylic acids is 1. The Morgan fingerprint density at radius 3 is 1.92 bits per heavy atom. The minimum Gasteiger partial charge on any atom is -0.480 e. The molecule has 0 spiro atoms. The molecule has 0 heterocycles. The van der Waals surface area contributed by atoms with Gasteiger partial charge in [-0.2, -0.15) is 0 Å². The van der Waals surface area contributed by atoms with Crippen LogP contribution in [0.3, 0.4) is 0 Å². The summed E-state index contributed by atoms with van der Waals surface area (Å²) < 4.78 is 0. The molecule has 0 aliphatic heterocycles. The highest BCUT2D eigenvalue weighted by Crippen LogP contribution is 2.24. The van der Waals surface area contributed by atoms with E-state index < -0.39 is 11.5 Å². The summed E-state index contributed by atoms with van der Waals surface area (Å²) in [6, 6.07) is 0. The second-order valence-electron chi connectivity index (χ2n) is 4.78. The SMILES string of the molecule is CC(C)(C)CCC(C)(N)C(=O)O. The van der Waals surface area contributed by atoms with Crippen LogP contribution in [0, 0.1) is 5.41 Å². The molecule has 0 bridgehead atoms. The first-order valence-corrected chi connectivity index (χ1v) is 4.17. The monoisotopic (exact) mass is 173 g/mol. The van der Waals surface area contributed by atoms with Gasteiger partial charge in [0.1, 0.15) is 5.54 Å². The first-order valence-electron chi connectivity index (χ1n) is 4.17.